The Morgan fingerprint density at radius 1 is 0.667 bits per heavy atom. The molecule has 0 amide bonds. The van der Waals surface area contributed by atoms with Gasteiger partial charge in [0.2, 0.25) is 12.2 Å². The van der Waals surface area contributed by atoms with Gasteiger partial charge in [-0.2, -0.15) is 0 Å². The minimum Gasteiger partial charge on any atom is -0.211 e. The van der Waals surface area contributed by atoms with Gasteiger partial charge in [0.1, 0.15) is 0 Å². The number of aliphatic imine (C=N–C) groups is 2. The number of nitrogens with zero attached hydrogens (tertiary/aromatic N) is 2. The summed E-state index contributed by atoms with van der Waals surface area (Å²) in [5, 5.41) is 0. The summed E-state index contributed by atoms with van der Waals surface area (Å²) in [5.74, 6) is 0. The number of rotatable bonds is 9. The van der Waals surface area contributed by atoms with Gasteiger partial charge in [-0.25, -0.2) is 19.6 Å². The van der Waals surface area contributed by atoms with E-state index in [1.54, 1.807) is 12.2 Å². The Bertz CT molecular complexity index is 639. The van der Waals surface area contributed by atoms with E-state index in [1.807, 2.05) is 60.7 Å². The molecule has 122 valence electrons. The molecule has 0 N–H and O–H groups in total. The molecule has 0 aromatic heterocycles. The molecule has 0 saturated carbocycles. The molecule has 4 nitrogen and oxygen atoms in total. The molecule has 2 aromatic carbocycles. The van der Waals surface area contributed by atoms with E-state index in [2.05, 4.69) is 9.98 Å². The molecule has 0 saturated heterocycles. The van der Waals surface area contributed by atoms with Gasteiger partial charge in [0.15, 0.2) is 0 Å². The van der Waals surface area contributed by atoms with Crippen LogP contribution in [0.5, 0.6) is 0 Å². The van der Waals surface area contributed by atoms with Crippen LogP contribution in [-0.4, -0.2) is 24.2 Å². The van der Waals surface area contributed by atoms with Crippen molar-refractivity contribution < 1.29 is 9.59 Å². The lowest BCUT2D eigenvalue weighted by Crippen LogP contribution is -2.15. The molecule has 4 heteroatoms. The van der Waals surface area contributed by atoms with E-state index >= 15 is 0 Å². The van der Waals surface area contributed by atoms with Gasteiger partial charge in [0.25, 0.3) is 0 Å². The molecular formula is C20H20N2O2. The van der Waals surface area contributed by atoms with Crippen LogP contribution >= 0.6 is 0 Å². The van der Waals surface area contributed by atoms with Gasteiger partial charge in [-0.15, -0.1) is 0 Å². The van der Waals surface area contributed by atoms with Crippen molar-refractivity contribution in [3.63, 3.8) is 0 Å². The fraction of sp³-hybridized carbons (Fsp3) is 0.300. The van der Waals surface area contributed by atoms with Gasteiger partial charge in [0, 0.05) is 0 Å². The van der Waals surface area contributed by atoms with Crippen LogP contribution in [0.15, 0.2) is 70.6 Å². The second-order valence-corrected chi connectivity index (χ2v) is 5.71. The van der Waals surface area contributed by atoms with E-state index in [4.69, 9.17) is 0 Å². The highest BCUT2D eigenvalue weighted by Gasteiger charge is 2.14. The number of hydrogen-bond acceptors (Lipinski definition) is 4. The predicted octanol–water partition coefficient (Wildman–Crippen LogP) is 3.66. The number of carbonyl (C=O) groups excluding carboxylic acids is 2. The third-order valence-corrected chi connectivity index (χ3v) is 3.93. The van der Waals surface area contributed by atoms with Crippen molar-refractivity contribution in [3.8, 4) is 0 Å². The van der Waals surface area contributed by atoms with E-state index in [-0.39, 0.29) is 12.1 Å². The first-order chi connectivity index (χ1) is 11.8. The molecular weight excluding hydrogens is 300 g/mol. The predicted molar refractivity (Wildman–Crippen MR) is 93.3 cm³/mol. The van der Waals surface area contributed by atoms with E-state index in [1.165, 1.54) is 0 Å². The van der Waals surface area contributed by atoms with Crippen molar-refractivity contribution >= 4 is 12.2 Å². The van der Waals surface area contributed by atoms with Crippen molar-refractivity contribution in [2.75, 3.05) is 0 Å². The summed E-state index contributed by atoms with van der Waals surface area (Å²) < 4.78 is 0. The van der Waals surface area contributed by atoms with Crippen LogP contribution in [0.25, 0.3) is 0 Å². The zero-order valence-electron chi connectivity index (χ0n) is 13.5. The van der Waals surface area contributed by atoms with Crippen LogP contribution in [0.4, 0.5) is 0 Å². The minimum absolute atomic E-state index is 0.148. The van der Waals surface area contributed by atoms with Crippen molar-refractivity contribution in [2.45, 2.75) is 37.8 Å². The summed E-state index contributed by atoms with van der Waals surface area (Å²) in [5.41, 5.74) is 2.25. The zero-order valence-corrected chi connectivity index (χ0v) is 13.5. The standard InChI is InChI=1S/C20H20N2O2/c23-15-21-19(13-17-7-3-1-4-8-17)11-12-20(22-16-24)14-18-9-5-2-6-10-18/h1-10,19-20H,11-14H2. The van der Waals surface area contributed by atoms with Crippen LogP contribution in [0.3, 0.4) is 0 Å². The Kier molecular flexibility index (Phi) is 7.36. The first kappa shape index (κ1) is 17.6. The zero-order chi connectivity index (χ0) is 17.0. The molecule has 0 heterocycles. The largest absolute Gasteiger partial charge is 0.235 e. The van der Waals surface area contributed by atoms with Crippen LogP contribution in [-0.2, 0) is 22.4 Å². The highest BCUT2D eigenvalue weighted by Crippen LogP contribution is 2.16. The second-order valence-electron chi connectivity index (χ2n) is 5.71. The summed E-state index contributed by atoms with van der Waals surface area (Å²) in [6.07, 6.45) is 6.03. The van der Waals surface area contributed by atoms with Gasteiger partial charge in [-0.05, 0) is 36.8 Å². The summed E-state index contributed by atoms with van der Waals surface area (Å²) in [7, 11) is 0. The SMILES string of the molecule is O=C=NC(CCC(Cc1ccccc1)N=C=O)Cc1ccccc1. The Morgan fingerprint density at radius 3 is 1.38 bits per heavy atom. The smallest absolute Gasteiger partial charge is 0.211 e. The molecule has 2 unspecified atom stereocenters. The first-order valence-electron chi connectivity index (χ1n) is 8.03. The van der Waals surface area contributed by atoms with Crippen LogP contribution in [0, 0.1) is 0 Å². The molecule has 0 fully saturated rings. The third kappa shape index (κ3) is 6.13. The maximum Gasteiger partial charge on any atom is 0.235 e. The molecule has 24 heavy (non-hydrogen) atoms. The van der Waals surface area contributed by atoms with Crippen LogP contribution in [0.2, 0.25) is 0 Å². The van der Waals surface area contributed by atoms with Crippen molar-refractivity contribution in [2.24, 2.45) is 9.98 Å². The Hall–Kier alpha value is -2.80. The van der Waals surface area contributed by atoms with Crippen molar-refractivity contribution in [3.05, 3.63) is 71.8 Å². The maximum atomic E-state index is 10.7. The van der Waals surface area contributed by atoms with Crippen LogP contribution in [0.1, 0.15) is 24.0 Å². The lowest BCUT2D eigenvalue weighted by Gasteiger charge is -2.15. The molecule has 0 aliphatic carbocycles. The van der Waals surface area contributed by atoms with E-state index < -0.39 is 0 Å². The normalized spacial score (nSPS) is 12.5. The fourth-order valence-electron chi connectivity index (χ4n) is 2.73. The van der Waals surface area contributed by atoms with E-state index in [9.17, 15) is 9.59 Å². The Labute approximate surface area is 142 Å². The lowest BCUT2D eigenvalue weighted by atomic mass is 9.97. The molecule has 0 aliphatic heterocycles. The number of benzene rings is 2. The number of hydrogen-bond donors (Lipinski definition) is 0. The highest BCUT2D eigenvalue weighted by atomic mass is 16.1. The molecule has 2 rings (SSSR count). The highest BCUT2D eigenvalue weighted by molar-refractivity contribution is 5.34. The minimum atomic E-state index is -0.148. The second kappa shape index (κ2) is 10.1. The van der Waals surface area contributed by atoms with E-state index in [0.29, 0.717) is 25.7 Å². The van der Waals surface area contributed by atoms with Gasteiger partial charge < -0.3 is 0 Å². The summed E-state index contributed by atoms with van der Waals surface area (Å²) in [6, 6.07) is 19.5. The molecule has 0 aliphatic rings. The van der Waals surface area contributed by atoms with Crippen LogP contribution < -0.4 is 0 Å². The van der Waals surface area contributed by atoms with Gasteiger partial charge in [0.05, 0.1) is 12.1 Å². The lowest BCUT2D eigenvalue weighted by molar-refractivity contribution is 0.501. The molecule has 2 atom stereocenters. The monoisotopic (exact) mass is 320 g/mol. The first-order valence-corrected chi connectivity index (χ1v) is 8.03. The van der Waals surface area contributed by atoms with Gasteiger partial charge >= 0.3 is 0 Å². The maximum absolute atomic E-state index is 10.7. The van der Waals surface area contributed by atoms with Crippen molar-refractivity contribution in [1.82, 2.24) is 0 Å². The molecule has 2 aromatic rings. The van der Waals surface area contributed by atoms with Crippen molar-refractivity contribution in [1.29, 1.82) is 0 Å². The van der Waals surface area contributed by atoms with Gasteiger partial charge in [-0.1, -0.05) is 60.7 Å². The third-order valence-electron chi connectivity index (χ3n) is 3.93. The number of isocyanates is 2. The average Bonchev–Trinajstić information content (AvgIpc) is 2.62. The Morgan fingerprint density at radius 2 is 1.04 bits per heavy atom. The molecule has 0 spiro atoms. The van der Waals surface area contributed by atoms with E-state index in [0.717, 1.165) is 11.1 Å². The Balaban J connectivity index is 1.97. The molecule has 0 bridgehead atoms. The topological polar surface area (TPSA) is 58.9 Å². The average molecular weight is 320 g/mol. The molecule has 0 radical (unpaired) electrons. The van der Waals surface area contributed by atoms with Gasteiger partial charge in [-0.3, -0.25) is 0 Å². The summed E-state index contributed by atoms with van der Waals surface area (Å²) in [6.45, 7) is 0. The quantitative estimate of drug-likeness (QED) is 0.523. The fourth-order valence-corrected chi connectivity index (χ4v) is 2.73. The summed E-state index contributed by atoms with van der Waals surface area (Å²) >= 11 is 0. The summed E-state index contributed by atoms with van der Waals surface area (Å²) in [4.78, 5) is 29.2.